The second kappa shape index (κ2) is 6.43. The van der Waals surface area contributed by atoms with Crippen LogP contribution in [-0.2, 0) is 14.8 Å². The molecule has 6 nitrogen and oxygen atoms in total. The molecule has 116 valence electrons. The van der Waals surface area contributed by atoms with E-state index in [1.165, 1.54) is 4.31 Å². The monoisotopic (exact) mass is 376 g/mol. The lowest BCUT2D eigenvalue weighted by Crippen LogP contribution is -2.49. The molecule has 1 saturated heterocycles. The Morgan fingerprint density at radius 3 is 2.43 bits per heavy atom. The minimum absolute atomic E-state index is 0.0535. The first-order valence-corrected chi connectivity index (χ1v) is 8.74. The largest absolute Gasteiger partial charge is 0.480 e. The zero-order valence-electron chi connectivity index (χ0n) is 11.6. The highest BCUT2D eigenvalue weighted by Gasteiger charge is 2.30. The van der Waals surface area contributed by atoms with Crippen LogP contribution in [-0.4, -0.2) is 61.4 Å². The molecule has 1 heterocycles. The summed E-state index contributed by atoms with van der Waals surface area (Å²) in [7, 11) is -3.55. The van der Waals surface area contributed by atoms with Crippen molar-refractivity contribution in [2.45, 2.75) is 11.8 Å². The number of piperazine rings is 1. The van der Waals surface area contributed by atoms with Gasteiger partial charge in [-0.3, -0.25) is 9.69 Å². The first-order valence-electron chi connectivity index (χ1n) is 6.51. The quantitative estimate of drug-likeness (QED) is 0.852. The van der Waals surface area contributed by atoms with Crippen LogP contribution in [0.5, 0.6) is 0 Å². The number of aliphatic carboxylic acids is 1. The molecule has 0 saturated carbocycles. The fourth-order valence-electron chi connectivity index (χ4n) is 2.27. The van der Waals surface area contributed by atoms with Crippen molar-refractivity contribution in [3.63, 3.8) is 0 Å². The molecule has 8 heteroatoms. The molecular weight excluding hydrogens is 360 g/mol. The summed E-state index contributed by atoms with van der Waals surface area (Å²) in [6.45, 7) is 3.30. The molecule has 1 aliphatic heterocycles. The number of carboxylic acids is 1. The predicted octanol–water partition coefficient (Wildman–Crippen LogP) is 1.15. The molecule has 2 rings (SSSR count). The van der Waals surface area contributed by atoms with Crippen molar-refractivity contribution < 1.29 is 18.3 Å². The second-order valence-corrected chi connectivity index (χ2v) is 7.77. The smallest absolute Gasteiger partial charge is 0.317 e. The highest BCUT2D eigenvalue weighted by molar-refractivity contribution is 9.10. The zero-order chi connectivity index (χ0) is 15.6. The van der Waals surface area contributed by atoms with Gasteiger partial charge >= 0.3 is 5.97 Å². The van der Waals surface area contributed by atoms with Crippen molar-refractivity contribution in [3.05, 3.63) is 28.2 Å². The SMILES string of the molecule is Cc1ccc(S(=O)(=O)N2CCN(CC(=O)O)CC2)c(Br)c1. The lowest BCUT2D eigenvalue weighted by molar-refractivity contribution is -0.138. The maximum atomic E-state index is 12.6. The number of carbonyl (C=O) groups is 1. The van der Waals surface area contributed by atoms with Gasteiger partial charge < -0.3 is 5.11 Å². The van der Waals surface area contributed by atoms with Crippen molar-refractivity contribution >= 4 is 31.9 Å². The molecule has 21 heavy (non-hydrogen) atoms. The lowest BCUT2D eigenvalue weighted by atomic mass is 10.2. The Morgan fingerprint density at radius 1 is 1.29 bits per heavy atom. The lowest BCUT2D eigenvalue weighted by Gasteiger charge is -2.33. The topological polar surface area (TPSA) is 77.9 Å². The standard InChI is InChI=1S/C13H17BrN2O4S/c1-10-2-3-12(11(14)8-10)21(19,20)16-6-4-15(5-7-16)9-13(17)18/h2-3,8H,4-7,9H2,1H3,(H,17,18). The van der Waals surface area contributed by atoms with Gasteiger partial charge in [0.05, 0.1) is 11.4 Å². The average molecular weight is 377 g/mol. The van der Waals surface area contributed by atoms with E-state index in [0.29, 0.717) is 30.7 Å². The van der Waals surface area contributed by atoms with Gasteiger partial charge in [-0.2, -0.15) is 4.31 Å². The molecule has 1 aliphatic rings. The summed E-state index contributed by atoms with van der Waals surface area (Å²) >= 11 is 3.30. The van der Waals surface area contributed by atoms with E-state index in [9.17, 15) is 13.2 Å². The number of hydrogen-bond donors (Lipinski definition) is 1. The van der Waals surface area contributed by atoms with Gasteiger partial charge in [-0.25, -0.2) is 8.42 Å². The van der Waals surface area contributed by atoms with Crippen LogP contribution in [0.4, 0.5) is 0 Å². The van der Waals surface area contributed by atoms with Crippen LogP contribution in [0.25, 0.3) is 0 Å². The van der Waals surface area contributed by atoms with Crippen molar-refractivity contribution in [1.82, 2.24) is 9.21 Å². The molecule has 0 bridgehead atoms. The molecule has 0 spiro atoms. The maximum Gasteiger partial charge on any atom is 0.317 e. The molecule has 1 fully saturated rings. The first-order chi connectivity index (χ1) is 9.80. The summed E-state index contributed by atoms with van der Waals surface area (Å²) < 4.78 is 27.2. The zero-order valence-corrected chi connectivity index (χ0v) is 14.0. The van der Waals surface area contributed by atoms with Gasteiger partial charge in [-0.1, -0.05) is 6.07 Å². The first kappa shape index (κ1) is 16.4. The van der Waals surface area contributed by atoms with Crippen molar-refractivity contribution in [3.8, 4) is 0 Å². The summed E-state index contributed by atoms with van der Waals surface area (Å²) in [6.07, 6.45) is 0. The molecule has 1 aromatic carbocycles. The molecule has 0 radical (unpaired) electrons. The maximum absolute atomic E-state index is 12.6. The summed E-state index contributed by atoms with van der Waals surface area (Å²) in [5.74, 6) is -0.896. The van der Waals surface area contributed by atoms with Crippen LogP contribution >= 0.6 is 15.9 Å². The summed E-state index contributed by atoms with van der Waals surface area (Å²) in [6, 6.07) is 5.13. The number of benzene rings is 1. The van der Waals surface area contributed by atoms with E-state index in [-0.39, 0.29) is 11.4 Å². The highest BCUT2D eigenvalue weighted by Crippen LogP contribution is 2.26. The van der Waals surface area contributed by atoms with Gasteiger partial charge in [0.2, 0.25) is 10.0 Å². The van der Waals surface area contributed by atoms with Crippen LogP contribution in [0.15, 0.2) is 27.6 Å². The Morgan fingerprint density at radius 2 is 1.90 bits per heavy atom. The number of rotatable bonds is 4. The van der Waals surface area contributed by atoms with E-state index >= 15 is 0 Å². The van der Waals surface area contributed by atoms with Crippen LogP contribution in [0.1, 0.15) is 5.56 Å². The van der Waals surface area contributed by atoms with E-state index in [4.69, 9.17) is 5.11 Å². The summed E-state index contributed by atoms with van der Waals surface area (Å²) in [4.78, 5) is 12.6. The van der Waals surface area contributed by atoms with Crippen molar-refractivity contribution in [2.75, 3.05) is 32.7 Å². The highest BCUT2D eigenvalue weighted by atomic mass is 79.9. The minimum atomic E-state index is -3.55. The third-order valence-electron chi connectivity index (χ3n) is 3.40. The van der Waals surface area contributed by atoms with E-state index in [0.717, 1.165) is 5.56 Å². The van der Waals surface area contributed by atoms with Gasteiger partial charge in [0.15, 0.2) is 0 Å². The molecular formula is C13H17BrN2O4S. The second-order valence-electron chi connectivity index (χ2n) is 5.01. The Balaban J connectivity index is 2.13. The third kappa shape index (κ3) is 3.82. The Kier molecular flexibility index (Phi) is 5.03. The van der Waals surface area contributed by atoms with Crippen LogP contribution in [0, 0.1) is 6.92 Å². The average Bonchev–Trinajstić information content (AvgIpc) is 2.38. The summed E-state index contributed by atoms with van der Waals surface area (Å²) in [5, 5.41) is 8.75. The van der Waals surface area contributed by atoms with E-state index in [1.807, 2.05) is 6.92 Å². The molecule has 1 aromatic rings. The van der Waals surface area contributed by atoms with Crippen molar-refractivity contribution in [2.24, 2.45) is 0 Å². The Bertz CT molecular complexity index is 640. The summed E-state index contributed by atoms with van der Waals surface area (Å²) in [5.41, 5.74) is 0.979. The van der Waals surface area contributed by atoms with Gasteiger partial charge in [-0.15, -0.1) is 0 Å². The number of nitrogens with zero attached hydrogens (tertiary/aromatic N) is 2. The van der Waals surface area contributed by atoms with Gasteiger partial charge in [0.25, 0.3) is 0 Å². The van der Waals surface area contributed by atoms with Gasteiger partial charge in [0.1, 0.15) is 0 Å². The van der Waals surface area contributed by atoms with E-state index < -0.39 is 16.0 Å². The van der Waals surface area contributed by atoms with Gasteiger partial charge in [0, 0.05) is 30.7 Å². The van der Waals surface area contributed by atoms with Crippen molar-refractivity contribution in [1.29, 1.82) is 0 Å². The number of hydrogen-bond acceptors (Lipinski definition) is 4. The molecule has 1 N–H and O–H groups in total. The molecule has 0 unspecified atom stereocenters. The molecule has 0 aliphatic carbocycles. The fraction of sp³-hybridized carbons (Fsp3) is 0.462. The number of sulfonamides is 1. The third-order valence-corrected chi connectivity index (χ3v) is 6.27. The normalized spacial score (nSPS) is 17.8. The number of halogens is 1. The minimum Gasteiger partial charge on any atom is -0.480 e. The Labute approximate surface area is 132 Å². The Hall–Kier alpha value is -0.960. The number of carboxylic acid groups (broad SMARTS) is 1. The molecule has 0 amide bonds. The molecule has 0 aromatic heterocycles. The van der Waals surface area contributed by atoms with E-state index in [1.54, 1.807) is 23.1 Å². The van der Waals surface area contributed by atoms with Crippen LogP contribution < -0.4 is 0 Å². The number of aryl methyl sites for hydroxylation is 1. The van der Waals surface area contributed by atoms with Crippen LogP contribution in [0.3, 0.4) is 0 Å². The van der Waals surface area contributed by atoms with Crippen LogP contribution in [0.2, 0.25) is 0 Å². The van der Waals surface area contributed by atoms with Gasteiger partial charge in [-0.05, 0) is 40.5 Å². The predicted molar refractivity (Wildman–Crippen MR) is 81.7 cm³/mol. The fourth-order valence-corrected chi connectivity index (χ4v) is 4.85. The molecule has 0 atom stereocenters. The van der Waals surface area contributed by atoms with E-state index in [2.05, 4.69) is 15.9 Å².